The van der Waals surface area contributed by atoms with E-state index < -0.39 is 17.5 Å². The van der Waals surface area contributed by atoms with E-state index in [1.165, 1.54) is 6.20 Å². The predicted octanol–water partition coefficient (Wildman–Crippen LogP) is -0.0446. The number of pyridine rings is 1. The maximum absolute atomic E-state index is 11.7. The van der Waals surface area contributed by atoms with Crippen molar-refractivity contribution < 1.29 is 19.8 Å². The summed E-state index contributed by atoms with van der Waals surface area (Å²) in [4.78, 5) is 26.1. The van der Waals surface area contributed by atoms with Crippen molar-refractivity contribution in [3.63, 3.8) is 0 Å². The van der Waals surface area contributed by atoms with Gasteiger partial charge in [0.2, 0.25) is 0 Å². The number of nitrogens with zero attached hydrogens (tertiary/aromatic N) is 1. The first-order chi connectivity index (χ1) is 7.84. The van der Waals surface area contributed by atoms with Crippen molar-refractivity contribution in [3.05, 3.63) is 29.6 Å². The number of aliphatic carboxylic acids is 1. The van der Waals surface area contributed by atoms with Crippen LogP contribution in [0.2, 0.25) is 0 Å². The lowest BCUT2D eigenvalue weighted by Gasteiger charge is -2.18. The summed E-state index contributed by atoms with van der Waals surface area (Å²) in [6.45, 7) is 2.49. The highest BCUT2D eigenvalue weighted by Gasteiger charge is 2.30. The van der Waals surface area contributed by atoms with Gasteiger partial charge in [0.25, 0.3) is 5.91 Å². The van der Waals surface area contributed by atoms with Gasteiger partial charge in [0, 0.05) is 12.4 Å². The number of carboxylic acids is 1. The molecular formula is C11H14N2O4. The number of aromatic nitrogens is 1. The molecule has 92 valence electrons. The Hall–Kier alpha value is -1.95. The fraction of sp³-hybridized carbons (Fsp3) is 0.364. The van der Waals surface area contributed by atoms with E-state index in [1.807, 2.05) is 0 Å². The molecule has 0 aliphatic carbocycles. The van der Waals surface area contributed by atoms with Crippen molar-refractivity contribution in [1.82, 2.24) is 10.3 Å². The summed E-state index contributed by atoms with van der Waals surface area (Å²) in [5.74, 6) is -1.85. The lowest BCUT2D eigenvalue weighted by atomic mass is 10.1. The maximum atomic E-state index is 11.7. The quantitative estimate of drug-likeness (QED) is 0.683. The average Bonchev–Trinajstić information content (AvgIpc) is 2.26. The van der Waals surface area contributed by atoms with Gasteiger partial charge in [-0.1, -0.05) is 0 Å². The third kappa shape index (κ3) is 3.25. The number of rotatable bonds is 4. The lowest BCUT2D eigenvalue weighted by Crippen LogP contribution is -2.46. The molecule has 3 N–H and O–H groups in total. The second-order valence-electron chi connectivity index (χ2n) is 3.95. The third-order valence-electron chi connectivity index (χ3n) is 2.34. The molecule has 1 atom stereocenters. The largest absolute Gasteiger partial charge is 0.479 e. The molecule has 17 heavy (non-hydrogen) atoms. The van der Waals surface area contributed by atoms with Gasteiger partial charge in [-0.25, -0.2) is 4.79 Å². The van der Waals surface area contributed by atoms with Gasteiger partial charge < -0.3 is 15.5 Å². The first-order valence-electron chi connectivity index (χ1n) is 4.99. The van der Waals surface area contributed by atoms with Crippen molar-refractivity contribution in [2.45, 2.75) is 19.4 Å². The number of amides is 1. The SMILES string of the molecule is Cc1ccncc1C(=O)NCC(C)(O)C(=O)O. The zero-order valence-corrected chi connectivity index (χ0v) is 9.60. The van der Waals surface area contributed by atoms with Gasteiger partial charge in [0.05, 0.1) is 12.1 Å². The Kier molecular flexibility index (Phi) is 3.80. The molecule has 0 saturated heterocycles. The van der Waals surface area contributed by atoms with Crippen molar-refractivity contribution >= 4 is 11.9 Å². The molecule has 0 fully saturated rings. The van der Waals surface area contributed by atoms with Crippen molar-refractivity contribution in [2.24, 2.45) is 0 Å². The van der Waals surface area contributed by atoms with E-state index in [-0.39, 0.29) is 6.54 Å². The Bertz CT molecular complexity index is 443. The molecule has 6 nitrogen and oxygen atoms in total. The minimum absolute atomic E-state index is 0.355. The zero-order valence-electron chi connectivity index (χ0n) is 9.60. The number of aliphatic hydroxyl groups is 1. The lowest BCUT2D eigenvalue weighted by molar-refractivity contribution is -0.155. The summed E-state index contributed by atoms with van der Waals surface area (Å²) in [7, 11) is 0. The van der Waals surface area contributed by atoms with Crippen LogP contribution in [0.5, 0.6) is 0 Å². The molecule has 0 bridgehead atoms. The first kappa shape index (κ1) is 13.1. The Morgan fingerprint density at radius 2 is 2.18 bits per heavy atom. The highest BCUT2D eigenvalue weighted by Crippen LogP contribution is 2.06. The molecule has 6 heteroatoms. The molecule has 1 heterocycles. The van der Waals surface area contributed by atoms with E-state index in [0.717, 1.165) is 12.5 Å². The fourth-order valence-corrected chi connectivity index (χ4v) is 1.12. The van der Waals surface area contributed by atoms with E-state index in [4.69, 9.17) is 5.11 Å². The van der Waals surface area contributed by atoms with Crippen LogP contribution < -0.4 is 5.32 Å². The fourth-order valence-electron chi connectivity index (χ4n) is 1.12. The van der Waals surface area contributed by atoms with Crippen LogP contribution in [-0.4, -0.2) is 39.2 Å². The van der Waals surface area contributed by atoms with Gasteiger partial charge in [0.1, 0.15) is 0 Å². The summed E-state index contributed by atoms with van der Waals surface area (Å²) < 4.78 is 0. The van der Waals surface area contributed by atoms with Crippen molar-refractivity contribution in [2.75, 3.05) is 6.54 Å². The van der Waals surface area contributed by atoms with Crippen LogP contribution in [0.1, 0.15) is 22.8 Å². The van der Waals surface area contributed by atoms with Crippen LogP contribution in [0.3, 0.4) is 0 Å². The zero-order chi connectivity index (χ0) is 13.1. The van der Waals surface area contributed by atoms with E-state index in [1.54, 1.807) is 19.2 Å². The van der Waals surface area contributed by atoms with E-state index in [2.05, 4.69) is 10.3 Å². The summed E-state index contributed by atoms with van der Waals surface area (Å²) in [5.41, 5.74) is -0.896. The molecule has 1 aromatic heterocycles. The number of hydrogen-bond acceptors (Lipinski definition) is 4. The van der Waals surface area contributed by atoms with Crippen LogP contribution in [0, 0.1) is 6.92 Å². The van der Waals surface area contributed by atoms with Gasteiger partial charge in [-0.3, -0.25) is 9.78 Å². The third-order valence-corrected chi connectivity index (χ3v) is 2.34. The Labute approximate surface area is 98.3 Å². The Morgan fingerprint density at radius 3 is 2.71 bits per heavy atom. The second kappa shape index (κ2) is 4.92. The smallest absolute Gasteiger partial charge is 0.337 e. The van der Waals surface area contributed by atoms with Crippen molar-refractivity contribution in [3.8, 4) is 0 Å². The van der Waals surface area contributed by atoms with Crippen LogP contribution in [0.4, 0.5) is 0 Å². The summed E-state index contributed by atoms with van der Waals surface area (Å²) in [6.07, 6.45) is 2.94. The highest BCUT2D eigenvalue weighted by atomic mass is 16.4. The number of hydrogen-bond donors (Lipinski definition) is 3. The molecule has 0 radical (unpaired) electrons. The minimum atomic E-state index is -1.98. The minimum Gasteiger partial charge on any atom is -0.479 e. The second-order valence-corrected chi connectivity index (χ2v) is 3.95. The number of carboxylic acid groups (broad SMARTS) is 1. The molecule has 1 amide bonds. The monoisotopic (exact) mass is 238 g/mol. The summed E-state index contributed by atoms with van der Waals surface area (Å²) in [6, 6.07) is 1.67. The number of carbonyl (C=O) groups is 2. The molecule has 0 saturated carbocycles. The molecule has 0 aliphatic rings. The molecular weight excluding hydrogens is 224 g/mol. The van der Waals surface area contributed by atoms with Crippen LogP contribution >= 0.6 is 0 Å². The molecule has 0 aliphatic heterocycles. The van der Waals surface area contributed by atoms with Gasteiger partial charge in [-0.15, -0.1) is 0 Å². The maximum Gasteiger partial charge on any atom is 0.337 e. The summed E-state index contributed by atoms with van der Waals surface area (Å²) in [5, 5.41) is 20.4. The summed E-state index contributed by atoms with van der Waals surface area (Å²) >= 11 is 0. The first-order valence-corrected chi connectivity index (χ1v) is 4.99. The Balaban J connectivity index is 2.69. The molecule has 0 aromatic carbocycles. The van der Waals surface area contributed by atoms with Crippen molar-refractivity contribution in [1.29, 1.82) is 0 Å². The van der Waals surface area contributed by atoms with Crippen LogP contribution in [0.25, 0.3) is 0 Å². The normalized spacial score (nSPS) is 13.8. The Morgan fingerprint density at radius 1 is 1.53 bits per heavy atom. The molecule has 1 rings (SSSR count). The van der Waals surface area contributed by atoms with E-state index in [9.17, 15) is 14.7 Å². The van der Waals surface area contributed by atoms with Gasteiger partial charge in [0.15, 0.2) is 5.60 Å². The van der Waals surface area contributed by atoms with E-state index >= 15 is 0 Å². The predicted molar refractivity (Wildman–Crippen MR) is 59.6 cm³/mol. The molecule has 0 spiro atoms. The van der Waals surface area contributed by atoms with Crippen LogP contribution in [-0.2, 0) is 4.79 Å². The number of aryl methyl sites for hydroxylation is 1. The van der Waals surface area contributed by atoms with E-state index in [0.29, 0.717) is 5.56 Å². The highest BCUT2D eigenvalue weighted by molar-refractivity contribution is 5.95. The standard InChI is InChI=1S/C11H14N2O4/c1-7-3-4-12-5-8(7)9(14)13-6-11(2,17)10(15)16/h3-5,17H,6H2,1-2H3,(H,13,14)(H,15,16). The van der Waals surface area contributed by atoms with Gasteiger partial charge in [-0.05, 0) is 25.5 Å². The van der Waals surface area contributed by atoms with Gasteiger partial charge >= 0.3 is 5.97 Å². The topological polar surface area (TPSA) is 99.5 Å². The number of nitrogens with one attached hydrogen (secondary N) is 1. The van der Waals surface area contributed by atoms with Gasteiger partial charge in [-0.2, -0.15) is 0 Å². The van der Waals surface area contributed by atoms with Crippen LogP contribution in [0.15, 0.2) is 18.5 Å². The number of carbonyl (C=O) groups excluding carboxylic acids is 1. The average molecular weight is 238 g/mol. The molecule has 1 unspecified atom stereocenters. The molecule has 1 aromatic rings.